The summed E-state index contributed by atoms with van der Waals surface area (Å²) in [5.74, 6) is 0.531. The lowest BCUT2D eigenvalue weighted by atomic mass is 9.95. The molecular weight excluding hydrogens is 458 g/mol. The summed E-state index contributed by atoms with van der Waals surface area (Å²) >= 11 is 0. The van der Waals surface area contributed by atoms with Crippen LogP contribution in [0.3, 0.4) is 0 Å². The van der Waals surface area contributed by atoms with Gasteiger partial charge in [-0.3, -0.25) is 4.79 Å². The third kappa shape index (κ3) is 5.45. The predicted molar refractivity (Wildman–Crippen MR) is 126 cm³/mol. The Hall–Kier alpha value is -3.24. The molecule has 1 heterocycles. The number of carbonyl (C=O) groups is 1. The molecule has 3 rings (SSSR count). The number of nitrogens with one attached hydrogen (secondary N) is 1. The molecule has 0 aliphatic heterocycles. The van der Waals surface area contributed by atoms with E-state index in [-0.39, 0.29) is 30.4 Å². The van der Waals surface area contributed by atoms with Crippen molar-refractivity contribution in [1.29, 1.82) is 0 Å². The standard InChI is InChI=1S/C24H29N3O6S/c1-14-15(2)17(4)23(18(5)16(14)3)34(29,30)25-11-10-22(28)32-13-21-26-24(27-33-21)19-8-7-9-20(12-19)31-6/h7-9,12,25H,10-11,13H2,1-6H3. The summed E-state index contributed by atoms with van der Waals surface area (Å²) in [5, 5.41) is 3.88. The van der Waals surface area contributed by atoms with Crippen LogP contribution in [-0.2, 0) is 26.2 Å². The van der Waals surface area contributed by atoms with Gasteiger partial charge in [0, 0.05) is 12.1 Å². The Kier molecular flexibility index (Phi) is 7.73. The summed E-state index contributed by atoms with van der Waals surface area (Å²) in [6, 6.07) is 7.15. The number of methoxy groups -OCH3 is 1. The monoisotopic (exact) mass is 487 g/mol. The molecule has 182 valence electrons. The Labute approximate surface area is 199 Å². The fourth-order valence-corrected chi connectivity index (χ4v) is 5.26. The Balaban J connectivity index is 1.56. The molecule has 0 aliphatic carbocycles. The Morgan fingerprint density at radius 3 is 2.32 bits per heavy atom. The number of aromatic nitrogens is 2. The summed E-state index contributed by atoms with van der Waals surface area (Å²) < 4.78 is 43.8. The minimum Gasteiger partial charge on any atom is -0.497 e. The van der Waals surface area contributed by atoms with E-state index in [1.54, 1.807) is 45.2 Å². The normalized spacial score (nSPS) is 11.5. The molecule has 0 amide bonds. The number of rotatable bonds is 9. The topological polar surface area (TPSA) is 121 Å². The summed E-state index contributed by atoms with van der Waals surface area (Å²) in [6.07, 6.45) is -0.141. The summed E-state index contributed by atoms with van der Waals surface area (Å²) in [5.41, 5.74) is 5.07. The van der Waals surface area contributed by atoms with Gasteiger partial charge in [-0.25, -0.2) is 13.1 Å². The highest BCUT2D eigenvalue weighted by Gasteiger charge is 2.23. The highest BCUT2D eigenvalue weighted by atomic mass is 32.2. The van der Waals surface area contributed by atoms with Gasteiger partial charge in [-0.2, -0.15) is 4.98 Å². The average molecular weight is 488 g/mol. The number of carbonyl (C=O) groups excluding carboxylic acids is 1. The maximum absolute atomic E-state index is 12.9. The first kappa shape index (κ1) is 25.4. The van der Waals surface area contributed by atoms with E-state index in [1.165, 1.54) is 0 Å². The maximum Gasteiger partial charge on any atom is 0.307 e. The number of sulfonamides is 1. The lowest BCUT2D eigenvalue weighted by Gasteiger charge is -2.19. The predicted octanol–water partition coefficient (Wildman–Crippen LogP) is 3.70. The number of benzene rings is 2. The Morgan fingerprint density at radius 2 is 1.68 bits per heavy atom. The molecule has 3 aromatic rings. The van der Waals surface area contributed by atoms with Crippen LogP contribution in [0, 0.1) is 34.6 Å². The van der Waals surface area contributed by atoms with E-state index >= 15 is 0 Å². The van der Waals surface area contributed by atoms with Crippen LogP contribution in [0.4, 0.5) is 0 Å². The fraction of sp³-hybridized carbons (Fsp3) is 0.375. The molecule has 0 saturated heterocycles. The molecule has 0 spiro atoms. The molecule has 10 heteroatoms. The molecule has 9 nitrogen and oxygen atoms in total. The van der Waals surface area contributed by atoms with Gasteiger partial charge in [0.2, 0.25) is 15.8 Å². The van der Waals surface area contributed by atoms with E-state index in [0.717, 1.165) is 16.7 Å². The van der Waals surface area contributed by atoms with Crippen molar-refractivity contribution < 1.29 is 27.2 Å². The van der Waals surface area contributed by atoms with Gasteiger partial charge in [-0.05, 0) is 74.6 Å². The van der Waals surface area contributed by atoms with Gasteiger partial charge in [-0.15, -0.1) is 0 Å². The minimum absolute atomic E-state index is 0.0923. The van der Waals surface area contributed by atoms with Crippen molar-refractivity contribution in [3.63, 3.8) is 0 Å². The lowest BCUT2D eigenvalue weighted by molar-refractivity contribution is -0.145. The van der Waals surface area contributed by atoms with Crippen LogP contribution in [0.25, 0.3) is 11.4 Å². The van der Waals surface area contributed by atoms with E-state index in [2.05, 4.69) is 14.9 Å². The van der Waals surface area contributed by atoms with Crippen molar-refractivity contribution in [2.75, 3.05) is 13.7 Å². The van der Waals surface area contributed by atoms with Gasteiger partial charge >= 0.3 is 5.97 Å². The molecule has 0 radical (unpaired) electrons. The molecule has 0 unspecified atom stereocenters. The molecule has 0 aliphatic rings. The highest BCUT2D eigenvalue weighted by Crippen LogP contribution is 2.29. The van der Waals surface area contributed by atoms with Crippen LogP contribution in [0.15, 0.2) is 33.7 Å². The maximum atomic E-state index is 12.9. The first-order chi connectivity index (χ1) is 16.0. The quantitative estimate of drug-likeness (QED) is 0.454. The van der Waals surface area contributed by atoms with Crippen LogP contribution in [0.5, 0.6) is 5.75 Å². The number of hydrogen-bond acceptors (Lipinski definition) is 8. The lowest BCUT2D eigenvalue weighted by Crippen LogP contribution is -2.28. The van der Waals surface area contributed by atoms with E-state index in [9.17, 15) is 13.2 Å². The van der Waals surface area contributed by atoms with Crippen molar-refractivity contribution in [2.45, 2.75) is 52.5 Å². The van der Waals surface area contributed by atoms with Crippen LogP contribution >= 0.6 is 0 Å². The van der Waals surface area contributed by atoms with Crippen LogP contribution < -0.4 is 9.46 Å². The van der Waals surface area contributed by atoms with Crippen LogP contribution in [-0.4, -0.2) is 38.2 Å². The molecule has 1 N–H and O–H groups in total. The zero-order valence-corrected chi connectivity index (χ0v) is 21.0. The molecule has 0 bridgehead atoms. The largest absolute Gasteiger partial charge is 0.497 e. The number of hydrogen-bond donors (Lipinski definition) is 1. The van der Waals surface area contributed by atoms with Crippen LogP contribution in [0.2, 0.25) is 0 Å². The Morgan fingerprint density at radius 1 is 1.03 bits per heavy atom. The molecular formula is C24H29N3O6S. The number of nitrogens with zero attached hydrogens (tertiary/aromatic N) is 2. The first-order valence-electron chi connectivity index (χ1n) is 10.7. The SMILES string of the molecule is COc1cccc(-c2noc(COC(=O)CCNS(=O)(=O)c3c(C)c(C)c(C)c(C)c3C)n2)c1. The van der Waals surface area contributed by atoms with Gasteiger partial charge in [0.25, 0.3) is 5.89 Å². The minimum atomic E-state index is -3.79. The third-order valence-corrected chi connectivity index (χ3v) is 7.71. The second-order valence-electron chi connectivity index (χ2n) is 8.01. The van der Waals surface area contributed by atoms with Crippen molar-refractivity contribution in [3.8, 4) is 17.1 Å². The zero-order valence-electron chi connectivity index (χ0n) is 20.2. The van der Waals surface area contributed by atoms with E-state index in [1.807, 2.05) is 20.8 Å². The molecule has 0 fully saturated rings. The van der Waals surface area contributed by atoms with Gasteiger partial charge in [0.1, 0.15) is 5.75 Å². The van der Waals surface area contributed by atoms with Crippen molar-refractivity contribution in [2.24, 2.45) is 0 Å². The molecule has 0 saturated carbocycles. The smallest absolute Gasteiger partial charge is 0.307 e. The second kappa shape index (κ2) is 10.4. The second-order valence-corrected chi connectivity index (χ2v) is 9.71. The molecule has 1 aromatic heterocycles. The summed E-state index contributed by atoms with van der Waals surface area (Å²) in [4.78, 5) is 16.6. The van der Waals surface area contributed by atoms with Gasteiger partial charge in [-0.1, -0.05) is 17.3 Å². The first-order valence-corrected chi connectivity index (χ1v) is 12.2. The summed E-state index contributed by atoms with van der Waals surface area (Å²) in [7, 11) is -2.23. The van der Waals surface area contributed by atoms with E-state index in [0.29, 0.717) is 28.3 Å². The van der Waals surface area contributed by atoms with Gasteiger partial charge < -0.3 is 14.0 Å². The number of ether oxygens (including phenoxy) is 2. The molecule has 2 aromatic carbocycles. The van der Waals surface area contributed by atoms with E-state index < -0.39 is 16.0 Å². The summed E-state index contributed by atoms with van der Waals surface area (Å²) in [6.45, 7) is 9.08. The van der Waals surface area contributed by atoms with E-state index in [4.69, 9.17) is 14.0 Å². The van der Waals surface area contributed by atoms with Crippen molar-refractivity contribution >= 4 is 16.0 Å². The van der Waals surface area contributed by atoms with Crippen LogP contribution in [0.1, 0.15) is 40.1 Å². The number of esters is 1. The average Bonchev–Trinajstić information content (AvgIpc) is 3.29. The fourth-order valence-electron chi connectivity index (χ4n) is 3.64. The van der Waals surface area contributed by atoms with Gasteiger partial charge in [0.15, 0.2) is 6.61 Å². The van der Waals surface area contributed by atoms with Gasteiger partial charge in [0.05, 0.1) is 18.4 Å². The van der Waals surface area contributed by atoms with Crippen molar-refractivity contribution in [3.05, 3.63) is 58.0 Å². The zero-order chi connectivity index (χ0) is 25.0. The molecule has 34 heavy (non-hydrogen) atoms. The highest BCUT2D eigenvalue weighted by molar-refractivity contribution is 7.89. The Bertz CT molecular complexity index is 1290. The molecule has 0 atom stereocenters. The third-order valence-electron chi connectivity index (χ3n) is 5.97. The van der Waals surface area contributed by atoms with Crippen molar-refractivity contribution in [1.82, 2.24) is 14.9 Å².